The Labute approximate surface area is 77.0 Å². The van der Waals surface area contributed by atoms with Crippen molar-refractivity contribution in [2.24, 2.45) is 0 Å². The molecule has 2 heterocycles. The average molecular weight is 175 g/mol. The van der Waals surface area contributed by atoms with Gasteiger partial charge >= 0.3 is 0 Å². The number of hydrogen-bond acceptors (Lipinski definition) is 4. The van der Waals surface area contributed by atoms with Gasteiger partial charge in [0.25, 0.3) is 7.41 Å². The van der Waals surface area contributed by atoms with Crippen LogP contribution in [0, 0.1) is 0 Å². The summed E-state index contributed by atoms with van der Waals surface area (Å²) in [6, 6.07) is 3.77. The van der Waals surface area contributed by atoms with Crippen LogP contribution in [0.1, 0.15) is 11.3 Å². The second-order valence-electron chi connectivity index (χ2n) is 3.18. The van der Waals surface area contributed by atoms with Crippen molar-refractivity contribution >= 4 is 19.4 Å². The molecule has 0 aromatic carbocycles. The van der Waals surface area contributed by atoms with Crippen molar-refractivity contribution in [1.29, 1.82) is 0 Å². The lowest BCUT2D eigenvalue weighted by Crippen LogP contribution is -2.22. The van der Waals surface area contributed by atoms with Gasteiger partial charge in [-0.3, -0.25) is 0 Å². The van der Waals surface area contributed by atoms with Gasteiger partial charge in [0.05, 0.1) is 11.9 Å². The normalized spacial score (nSPS) is 15.4. The van der Waals surface area contributed by atoms with Crippen molar-refractivity contribution < 1.29 is 4.79 Å². The van der Waals surface area contributed by atoms with Gasteiger partial charge in [-0.05, 0) is 11.6 Å². The Morgan fingerprint density at radius 3 is 3.15 bits per heavy atom. The van der Waals surface area contributed by atoms with Crippen molar-refractivity contribution in [3.8, 4) is 0 Å². The number of nitrogens with two attached hydrogens (primary N) is 1. The van der Waals surface area contributed by atoms with Crippen LogP contribution in [0.5, 0.6) is 0 Å². The molecule has 2 N–H and O–H groups in total. The predicted molar refractivity (Wildman–Crippen MR) is 51.8 cm³/mol. The van der Waals surface area contributed by atoms with E-state index in [4.69, 9.17) is 5.73 Å². The fourth-order valence-corrected chi connectivity index (χ4v) is 1.57. The molecule has 66 valence electrons. The molecule has 13 heavy (non-hydrogen) atoms. The number of nitrogens with zero attached hydrogens (tertiary/aromatic N) is 2. The van der Waals surface area contributed by atoms with E-state index in [1.54, 1.807) is 6.07 Å². The molecule has 0 spiro atoms. The van der Waals surface area contributed by atoms with Crippen molar-refractivity contribution in [3.05, 3.63) is 23.4 Å². The molecule has 0 atom stereocenters. The molecular formula is C8H10BN3O. The van der Waals surface area contributed by atoms with E-state index in [1.165, 1.54) is 5.56 Å². The first-order chi connectivity index (χ1) is 6.29. The Kier molecular flexibility index (Phi) is 2.02. The van der Waals surface area contributed by atoms with E-state index in [9.17, 15) is 4.79 Å². The van der Waals surface area contributed by atoms with Crippen LogP contribution in [0.4, 0.5) is 5.82 Å². The molecule has 5 heteroatoms. The first-order valence-electron chi connectivity index (χ1n) is 4.20. The maximum Gasteiger partial charge on any atom is 0.281 e. The summed E-state index contributed by atoms with van der Waals surface area (Å²) in [6.45, 7) is 1.54. The minimum atomic E-state index is 0.469. The zero-order chi connectivity index (χ0) is 9.26. The number of hydrogen-bond donors (Lipinski definition) is 1. The molecule has 4 nitrogen and oxygen atoms in total. The Bertz CT molecular complexity index is 342. The molecule has 0 fully saturated rings. The lowest BCUT2D eigenvalue weighted by Gasteiger charge is -2.06. The van der Waals surface area contributed by atoms with Crippen molar-refractivity contribution in [2.75, 3.05) is 5.73 Å². The van der Waals surface area contributed by atoms with Gasteiger partial charge in [0.1, 0.15) is 5.82 Å². The zero-order valence-electron chi connectivity index (χ0n) is 7.23. The number of carbonyl (C=O) groups is 1. The molecule has 0 aliphatic carbocycles. The minimum Gasteiger partial charge on any atom is -0.384 e. The summed E-state index contributed by atoms with van der Waals surface area (Å²) in [5, 5.41) is 0. The Morgan fingerprint density at radius 2 is 2.38 bits per heavy atom. The topological polar surface area (TPSA) is 59.2 Å². The fraction of sp³-hybridized carbons (Fsp3) is 0.250. The van der Waals surface area contributed by atoms with Gasteiger partial charge in [0.2, 0.25) is 0 Å². The fourth-order valence-electron chi connectivity index (χ4n) is 1.57. The van der Waals surface area contributed by atoms with Crippen LogP contribution in [0.3, 0.4) is 0 Å². The number of anilines is 1. The van der Waals surface area contributed by atoms with Crippen molar-refractivity contribution in [3.63, 3.8) is 0 Å². The van der Waals surface area contributed by atoms with E-state index in [1.807, 2.05) is 10.9 Å². The quantitative estimate of drug-likeness (QED) is 0.487. The molecule has 2 rings (SSSR count). The molecule has 1 aromatic rings. The zero-order valence-corrected chi connectivity index (χ0v) is 7.23. The molecule has 0 saturated heterocycles. The van der Waals surface area contributed by atoms with Gasteiger partial charge in [-0.2, -0.15) is 0 Å². The highest BCUT2D eigenvalue weighted by Gasteiger charge is 2.19. The summed E-state index contributed by atoms with van der Waals surface area (Å²) in [7, 11) is 0.469. The third-order valence-corrected chi connectivity index (χ3v) is 2.19. The predicted octanol–water partition coefficient (Wildman–Crippen LogP) is -0.479. The second-order valence-corrected chi connectivity index (χ2v) is 3.18. The summed E-state index contributed by atoms with van der Waals surface area (Å²) in [6.07, 6.45) is 0.912. The van der Waals surface area contributed by atoms with Crippen molar-refractivity contribution in [2.45, 2.75) is 13.1 Å². The van der Waals surface area contributed by atoms with Gasteiger partial charge in [0.15, 0.2) is 0 Å². The molecule has 1 aliphatic heterocycles. The lowest BCUT2D eigenvalue weighted by molar-refractivity contribution is 0.475. The molecule has 0 saturated carbocycles. The SMILES string of the molecule is Nc1ccc2c(n1)CN(BC=O)C2. The molecule has 0 unspecified atom stereocenters. The lowest BCUT2D eigenvalue weighted by atomic mass is 9.96. The Hall–Kier alpha value is -1.36. The highest BCUT2D eigenvalue weighted by molar-refractivity contribution is 6.64. The average Bonchev–Trinajstić information content (AvgIpc) is 2.46. The number of rotatable bonds is 2. The number of carbonyl (C=O) groups excluding carboxylic acids is 1. The first kappa shape index (κ1) is 8.25. The van der Waals surface area contributed by atoms with E-state index in [-0.39, 0.29) is 0 Å². The largest absolute Gasteiger partial charge is 0.384 e. The molecule has 0 amide bonds. The number of fused-ring (bicyclic) bond motifs is 1. The van der Waals surface area contributed by atoms with Crippen molar-refractivity contribution in [1.82, 2.24) is 9.79 Å². The summed E-state index contributed by atoms with van der Waals surface area (Å²) in [4.78, 5) is 16.5. The highest BCUT2D eigenvalue weighted by Crippen LogP contribution is 2.20. The van der Waals surface area contributed by atoms with Gasteiger partial charge in [0, 0.05) is 13.1 Å². The van der Waals surface area contributed by atoms with Crippen LogP contribution in [0.25, 0.3) is 0 Å². The molecular weight excluding hydrogens is 165 g/mol. The van der Waals surface area contributed by atoms with Crippen LogP contribution in [0.15, 0.2) is 12.1 Å². The smallest absolute Gasteiger partial charge is 0.281 e. The van der Waals surface area contributed by atoms with Crippen LogP contribution in [-0.4, -0.2) is 23.4 Å². The number of pyridine rings is 1. The maximum absolute atomic E-state index is 10.3. The number of nitrogen functional groups attached to an aromatic ring is 1. The van der Waals surface area contributed by atoms with E-state index in [0.717, 1.165) is 25.0 Å². The van der Waals surface area contributed by atoms with Crippen LogP contribution in [-0.2, 0) is 17.9 Å². The van der Waals surface area contributed by atoms with E-state index < -0.39 is 0 Å². The van der Waals surface area contributed by atoms with E-state index >= 15 is 0 Å². The van der Waals surface area contributed by atoms with Crippen LogP contribution in [0.2, 0.25) is 0 Å². The first-order valence-corrected chi connectivity index (χ1v) is 4.20. The highest BCUT2D eigenvalue weighted by atomic mass is 16.1. The van der Waals surface area contributed by atoms with Gasteiger partial charge in [-0.25, -0.2) is 4.98 Å². The van der Waals surface area contributed by atoms with Gasteiger partial charge < -0.3 is 15.3 Å². The van der Waals surface area contributed by atoms with E-state index in [0.29, 0.717) is 13.2 Å². The van der Waals surface area contributed by atoms with Crippen LogP contribution >= 0.6 is 0 Å². The summed E-state index contributed by atoms with van der Waals surface area (Å²) < 4.78 is 0. The monoisotopic (exact) mass is 175 g/mol. The summed E-state index contributed by atoms with van der Waals surface area (Å²) in [5.41, 5.74) is 7.73. The third kappa shape index (κ3) is 1.55. The summed E-state index contributed by atoms with van der Waals surface area (Å²) >= 11 is 0. The minimum absolute atomic E-state index is 0.469. The third-order valence-electron chi connectivity index (χ3n) is 2.19. The Balaban J connectivity index is 2.20. The molecule has 1 aliphatic rings. The van der Waals surface area contributed by atoms with Crippen LogP contribution < -0.4 is 5.73 Å². The molecule has 0 radical (unpaired) electrons. The van der Waals surface area contributed by atoms with Gasteiger partial charge in [-0.15, -0.1) is 0 Å². The van der Waals surface area contributed by atoms with E-state index in [2.05, 4.69) is 4.98 Å². The second kappa shape index (κ2) is 3.18. The summed E-state index contributed by atoms with van der Waals surface area (Å²) in [5.74, 6) is 0.548. The van der Waals surface area contributed by atoms with Gasteiger partial charge in [-0.1, -0.05) is 6.07 Å². The standard InChI is InChI=1S/C8H10BN3O/c10-8-2-1-6-3-12(9-5-13)4-7(6)11-8/h1-2,5,9H,3-4H2,(H2,10,11). The maximum atomic E-state index is 10.3. The Morgan fingerprint density at radius 1 is 1.54 bits per heavy atom. The molecule has 1 aromatic heterocycles. The number of aromatic nitrogens is 1. The molecule has 0 bridgehead atoms.